The molecule has 1 saturated heterocycles. The van der Waals surface area contributed by atoms with Crippen LogP contribution in [-0.2, 0) is 42.9 Å². The quantitative estimate of drug-likeness (QED) is 0.0743. The van der Waals surface area contributed by atoms with E-state index < -0.39 is 67.4 Å². The van der Waals surface area contributed by atoms with Gasteiger partial charge in [-0.05, 0) is 24.6 Å². The number of hydrogen-bond donors (Lipinski definition) is 0. The van der Waals surface area contributed by atoms with Gasteiger partial charge in [0, 0.05) is 6.92 Å². The molecule has 3 atom stereocenters. The molecule has 0 unspecified atom stereocenters. The molecule has 0 spiro atoms. The Morgan fingerprint density at radius 1 is 1.21 bits per heavy atom. The molecule has 0 aromatic carbocycles. The fourth-order valence-electron chi connectivity index (χ4n) is 2.55. The third kappa shape index (κ3) is 9.25. The molecular formula is C16H20Cl3NO10S3. The molecule has 1 amide bonds. The first-order valence-corrected chi connectivity index (χ1v) is 13.9. The van der Waals surface area contributed by atoms with Gasteiger partial charge >= 0.3 is 22.2 Å². The van der Waals surface area contributed by atoms with Crippen LogP contribution in [0.1, 0.15) is 20.8 Å². The number of rotatable bonds is 9. The van der Waals surface area contributed by atoms with Crippen LogP contribution >= 0.6 is 56.4 Å². The molecule has 0 radical (unpaired) electrons. The first kappa shape index (κ1) is 30.0. The number of amides is 1. The minimum absolute atomic E-state index is 0.318. The van der Waals surface area contributed by atoms with Crippen molar-refractivity contribution in [1.29, 1.82) is 0 Å². The third-order valence-corrected chi connectivity index (χ3v) is 7.22. The number of ether oxygens (including phenoxy) is 3. The predicted molar refractivity (Wildman–Crippen MR) is 123 cm³/mol. The molecule has 0 saturated carbocycles. The highest BCUT2D eigenvalue weighted by atomic mass is 35.6. The smallest absolute Gasteiger partial charge is 0.464 e. The van der Waals surface area contributed by atoms with Crippen LogP contribution in [0.25, 0.3) is 0 Å². The van der Waals surface area contributed by atoms with Gasteiger partial charge in [-0.3, -0.25) is 14.5 Å². The molecule has 0 aliphatic carbocycles. The van der Waals surface area contributed by atoms with Crippen LogP contribution in [0.5, 0.6) is 0 Å². The maximum absolute atomic E-state index is 13.0. The van der Waals surface area contributed by atoms with Gasteiger partial charge in [0.15, 0.2) is 10.8 Å². The van der Waals surface area contributed by atoms with Gasteiger partial charge in [0.25, 0.3) is 0 Å². The van der Waals surface area contributed by atoms with Crippen LogP contribution in [0, 0.1) is 5.92 Å². The van der Waals surface area contributed by atoms with E-state index in [9.17, 15) is 27.6 Å². The zero-order chi connectivity index (χ0) is 25.7. The summed E-state index contributed by atoms with van der Waals surface area (Å²) in [4.78, 5) is 49.6. The topological polar surface area (TPSA) is 143 Å². The van der Waals surface area contributed by atoms with Gasteiger partial charge < -0.3 is 18.4 Å². The van der Waals surface area contributed by atoms with E-state index in [1.54, 1.807) is 0 Å². The number of hydrogen-bond acceptors (Lipinski definition) is 12. The number of esters is 1. The molecule has 188 valence electrons. The Hall–Kier alpha value is -1.06. The average molecular weight is 589 g/mol. The van der Waals surface area contributed by atoms with Crippen LogP contribution in [0.3, 0.4) is 0 Å². The highest BCUT2D eigenvalue weighted by Gasteiger charge is 2.55. The van der Waals surface area contributed by atoms with Crippen molar-refractivity contribution in [2.45, 2.75) is 36.0 Å². The average Bonchev–Trinajstić information content (AvgIpc) is 2.64. The summed E-state index contributed by atoms with van der Waals surface area (Å²) in [5.41, 5.74) is -0.489. The molecule has 0 aromatic heterocycles. The molecule has 1 rings (SSSR count). The van der Waals surface area contributed by atoms with Gasteiger partial charge in [-0.1, -0.05) is 45.6 Å². The number of β-lactam (4-membered cyclic amide) rings is 1. The maximum atomic E-state index is 13.0. The fraction of sp³-hybridized carbons (Fsp3) is 0.625. The van der Waals surface area contributed by atoms with E-state index in [2.05, 4.69) is 9.47 Å². The van der Waals surface area contributed by atoms with Gasteiger partial charge in [-0.2, -0.15) is 8.42 Å². The predicted octanol–water partition coefficient (Wildman–Crippen LogP) is 2.99. The van der Waals surface area contributed by atoms with Crippen molar-refractivity contribution in [3.63, 3.8) is 0 Å². The molecule has 11 nitrogen and oxygen atoms in total. The number of carbonyl (C=O) groups excluding carboxylic acids is 4. The summed E-state index contributed by atoms with van der Waals surface area (Å²) < 4.78 is 40.3. The SMILES string of the molecule is COC(=O)/C(=C(\C)OS(C)(=O)=O)N1C(=O)[C@H]([C@@H](C)OC(=O)OCC(Cl)(Cl)Cl)[C@H]1SSC(C)=O. The van der Waals surface area contributed by atoms with Crippen molar-refractivity contribution in [3.05, 3.63) is 11.5 Å². The van der Waals surface area contributed by atoms with E-state index in [0.717, 1.165) is 46.8 Å². The monoisotopic (exact) mass is 587 g/mol. The van der Waals surface area contributed by atoms with Crippen molar-refractivity contribution in [2.24, 2.45) is 5.92 Å². The Balaban J connectivity index is 3.22. The molecular weight excluding hydrogens is 569 g/mol. The van der Waals surface area contributed by atoms with Gasteiger partial charge in [-0.25, -0.2) is 9.59 Å². The largest absolute Gasteiger partial charge is 0.508 e. The number of allylic oxidation sites excluding steroid dienone is 1. The summed E-state index contributed by atoms with van der Waals surface area (Å²) >= 11 is 16.5. The van der Waals surface area contributed by atoms with E-state index in [4.69, 9.17) is 43.7 Å². The fourth-order valence-corrected chi connectivity index (χ4v) is 5.55. The van der Waals surface area contributed by atoms with Crippen molar-refractivity contribution in [1.82, 2.24) is 4.90 Å². The Bertz CT molecular complexity index is 935. The van der Waals surface area contributed by atoms with Crippen LogP contribution in [0.15, 0.2) is 11.5 Å². The number of likely N-dealkylation sites (tertiary alicyclic amines) is 1. The van der Waals surface area contributed by atoms with Crippen molar-refractivity contribution < 1.29 is 46.0 Å². The van der Waals surface area contributed by atoms with E-state index in [1.165, 1.54) is 13.8 Å². The molecule has 0 N–H and O–H groups in total. The Morgan fingerprint density at radius 3 is 2.24 bits per heavy atom. The van der Waals surface area contributed by atoms with Gasteiger partial charge in [0.05, 0.1) is 13.4 Å². The van der Waals surface area contributed by atoms with Crippen molar-refractivity contribution >= 4 is 89.7 Å². The molecule has 33 heavy (non-hydrogen) atoms. The molecule has 0 bridgehead atoms. The zero-order valence-corrected chi connectivity index (χ0v) is 22.5. The minimum atomic E-state index is -4.04. The molecule has 1 heterocycles. The Morgan fingerprint density at radius 2 is 1.79 bits per heavy atom. The Kier molecular flexibility index (Phi) is 11.0. The lowest BCUT2D eigenvalue weighted by Crippen LogP contribution is -2.63. The summed E-state index contributed by atoms with van der Waals surface area (Å²) in [6.07, 6.45) is -1.57. The first-order valence-electron chi connectivity index (χ1n) is 8.74. The van der Waals surface area contributed by atoms with Crippen LogP contribution in [0.4, 0.5) is 4.79 Å². The normalized spacial score (nSPS) is 20.2. The molecule has 17 heteroatoms. The van der Waals surface area contributed by atoms with E-state index >= 15 is 0 Å². The van der Waals surface area contributed by atoms with Gasteiger partial charge in [0.1, 0.15) is 29.8 Å². The second kappa shape index (κ2) is 12.1. The standard InChI is InChI=1S/C16H20Cl3NO10S3/c1-7(29-15(24)28-6-16(17,18)19)10-12(22)20(13(10)32-31-9(3)21)11(14(23)27-4)8(2)30-33(5,25)26/h7,10,13H,6H2,1-5H3/b11-8-/t7-,10+,13-/m1/s1. The molecule has 1 aliphatic heterocycles. The number of carbonyl (C=O) groups is 4. The summed E-state index contributed by atoms with van der Waals surface area (Å²) in [6, 6.07) is 0. The Labute approximate surface area is 213 Å². The lowest BCUT2D eigenvalue weighted by atomic mass is 9.91. The lowest BCUT2D eigenvalue weighted by molar-refractivity contribution is -0.159. The summed E-state index contributed by atoms with van der Waals surface area (Å²) in [5.74, 6) is -3.26. The number of methoxy groups -OCH3 is 1. The van der Waals surface area contributed by atoms with E-state index in [0.29, 0.717) is 0 Å². The molecule has 1 fully saturated rings. The van der Waals surface area contributed by atoms with Crippen molar-refractivity contribution in [2.75, 3.05) is 20.0 Å². The van der Waals surface area contributed by atoms with E-state index in [-0.39, 0.29) is 5.12 Å². The second-order valence-electron chi connectivity index (χ2n) is 6.46. The number of nitrogens with zero attached hydrogens (tertiary/aromatic N) is 1. The minimum Gasteiger partial charge on any atom is -0.464 e. The van der Waals surface area contributed by atoms with Gasteiger partial charge in [-0.15, -0.1) is 0 Å². The third-order valence-electron chi connectivity index (χ3n) is 3.72. The summed E-state index contributed by atoms with van der Waals surface area (Å²) in [7, 11) is -1.37. The summed E-state index contributed by atoms with van der Waals surface area (Å²) in [6.45, 7) is 3.20. The zero-order valence-electron chi connectivity index (χ0n) is 17.8. The number of alkyl halides is 3. The highest BCUT2D eigenvalue weighted by molar-refractivity contribution is 8.82. The van der Waals surface area contributed by atoms with Crippen LogP contribution < -0.4 is 0 Å². The molecule has 1 aliphatic rings. The molecule has 0 aromatic rings. The van der Waals surface area contributed by atoms with Crippen molar-refractivity contribution in [3.8, 4) is 0 Å². The highest BCUT2D eigenvalue weighted by Crippen LogP contribution is 2.46. The van der Waals surface area contributed by atoms with E-state index in [1.807, 2.05) is 0 Å². The van der Waals surface area contributed by atoms with Crippen LogP contribution in [-0.4, -0.2) is 71.7 Å². The van der Waals surface area contributed by atoms with Gasteiger partial charge in [0.2, 0.25) is 9.70 Å². The lowest BCUT2D eigenvalue weighted by Gasteiger charge is -2.47. The first-order chi connectivity index (χ1) is 15.0. The maximum Gasteiger partial charge on any atom is 0.508 e. The second-order valence-corrected chi connectivity index (χ2v) is 13.0. The van der Waals surface area contributed by atoms with Crippen LogP contribution in [0.2, 0.25) is 0 Å². The summed E-state index contributed by atoms with van der Waals surface area (Å²) in [5, 5.41) is -1.27. The number of halogens is 3.